The van der Waals surface area contributed by atoms with E-state index in [0.717, 1.165) is 0 Å². The lowest BCUT2D eigenvalue weighted by atomic mass is 9.93. The fourth-order valence-corrected chi connectivity index (χ4v) is 2.75. The minimum Gasteiger partial charge on any atom is -0.438 e. The topological polar surface area (TPSA) is 91.9 Å². The van der Waals surface area contributed by atoms with Gasteiger partial charge in [-0.3, -0.25) is 4.98 Å². The van der Waals surface area contributed by atoms with Gasteiger partial charge in [-0.15, -0.1) is 23.4 Å². The maximum atomic E-state index is 12.3. The monoisotopic (exact) mass is 406 g/mol. The zero-order chi connectivity index (χ0) is 20.5. The average Bonchev–Trinajstić information content (AvgIpc) is 3.32. The van der Waals surface area contributed by atoms with E-state index in [9.17, 15) is 13.2 Å². The van der Waals surface area contributed by atoms with Crippen LogP contribution in [0.5, 0.6) is 11.5 Å². The highest BCUT2D eigenvalue weighted by Crippen LogP contribution is 2.36. The molecule has 0 unspecified atom stereocenters. The maximum Gasteiger partial charge on any atom is 0.573 e. The number of nitrogens with zero attached hydrogens (tertiary/aromatic N) is 4. The highest BCUT2D eigenvalue weighted by atomic mass is 19.4. The van der Waals surface area contributed by atoms with Gasteiger partial charge in [-0.1, -0.05) is 17.3 Å². The molecule has 1 atom stereocenters. The van der Waals surface area contributed by atoms with Gasteiger partial charge in [0.25, 0.3) is 0 Å². The molecule has 0 saturated carbocycles. The second kappa shape index (κ2) is 7.08. The van der Waals surface area contributed by atoms with Gasteiger partial charge in [0.15, 0.2) is 5.60 Å². The van der Waals surface area contributed by atoms with Gasteiger partial charge in [0, 0.05) is 6.20 Å². The molecule has 8 nitrogen and oxygen atoms in total. The van der Waals surface area contributed by atoms with Gasteiger partial charge < -0.3 is 18.7 Å². The Labute approximate surface area is 161 Å². The molecule has 0 bridgehead atoms. The number of oxime groups is 1. The van der Waals surface area contributed by atoms with Crippen molar-refractivity contribution in [3.05, 3.63) is 54.7 Å². The van der Waals surface area contributed by atoms with Crippen LogP contribution in [0.2, 0.25) is 0 Å². The minimum atomic E-state index is -4.75. The molecule has 29 heavy (non-hydrogen) atoms. The third kappa shape index (κ3) is 4.28. The highest BCUT2D eigenvalue weighted by Gasteiger charge is 2.38. The van der Waals surface area contributed by atoms with Crippen molar-refractivity contribution in [3.8, 4) is 23.0 Å². The van der Waals surface area contributed by atoms with Crippen LogP contribution in [0.3, 0.4) is 0 Å². The summed E-state index contributed by atoms with van der Waals surface area (Å²) >= 11 is 0. The summed E-state index contributed by atoms with van der Waals surface area (Å²) in [5, 5.41) is 11.4. The fourth-order valence-electron chi connectivity index (χ4n) is 2.75. The minimum absolute atomic E-state index is 0.261. The number of hydrogen-bond acceptors (Lipinski definition) is 8. The summed E-state index contributed by atoms with van der Waals surface area (Å²) in [6, 6.07) is 7.05. The molecular weight excluding hydrogens is 393 g/mol. The Kier molecular flexibility index (Phi) is 4.57. The van der Waals surface area contributed by atoms with Crippen molar-refractivity contribution in [2.45, 2.75) is 25.3 Å². The van der Waals surface area contributed by atoms with E-state index in [0.29, 0.717) is 22.8 Å². The third-order valence-electron chi connectivity index (χ3n) is 4.09. The molecule has 4 rings (SSSR count). The molecule has 0 amide bonds. The molecule has 1 aliphatic heterocycles. The van der Waals surface area contributed by atoms with Crippen LogP contribution >= 0.6 is 0 Å². The first-order chi connectivity index (χ1) is 13.8. The van der Waals surface area contributed by atoms with Gasteiger partial charge in [-0.05, 0) is 30.7 Å². The summed E-state index contributed by atoms with van der Waals surface area (Å²) in [6.45, 7) is 1.75. The van der Waals surface area contributed by atoms with Crippen molar-refractivity contribution in [2.24, 2.45) is 5.16 Å². The van der Waals surface area contributed by atoms with Crippen molar-refractivity contribution in [1.29, 1.82) is 0 Å². The first-order valence-electron chi connectivity index (χ1n) is 8.31. The number of aromatic nitrogens is 3. The van der Waals surface area contributed by atoms with Crippen LogP contribution in [0.15, 0.2) is 58.7 Å². The van der Waals surface area contributed by atoms with Gasteiger partial charge in [0.05, 0.1) is 18.2 Å². The summed E-state index contributed by atoms with van der Waals surface area (Å²) in [5.74, 6) is 0.650. The third-order valence-corrected chi connectivity index (χ3v) is 4.09. The zero-order valence-corrected chi connectivity index (χ0v) is 14.9. The lowest BCUT2D eigenvalue weighted by molar-refractivity contribution is -0.274. The zero-order valence-electron chi connectivity index (χ0n) is 14.9. The van der Waals surface area contributed by atoms with E-state index in [2.05, 4.69) is 25.1 Å². The Bertz CT molecular complexity index is 1020. The Hall–Kier alpha value is -3.63. The van der Waals surface area contributed by atoms with Gasteiger partial charge in [-0.25, -0.2) is 0 Å². The Morgan fingerprint density at radius 2 is 1.90 bits per heavy atom. The SMILES string of the molecule is C[C@@]1(c2ccc(OC(F)(F)F)cc2)CC(Oc2cncc(-c3nnco3)c2)=NO1. The summed E-state index contributed by atoms with van der Waals surface area (Å²) in [6.07, 6.45) is -0.252. The average molecular weight is 406 g/mol. The van der Waals surface area contributed by atoms with E-state index in [1.165, 1.54) is 36.9 Å². The van der Waals surface area contributed by atoms with Crippen molar-refractivity contribution in [3.63, 3.8) is 0 Å². The van der Waals surface area contributed by atoms with Gasteiger partial charge in [0.2, 0.25) is 18.2 Å². The molecular formula is C18H13F3N4O4. The van der Waals surface area contributed by atoms with Gasteiger partial charge in [0.1, 0.15) is 11.5 Å². The molecule has 0 radical (unpaired) electrons. The number of ether oxygens (including phenoxy) is 2. The van der Waals surface area contributed by atoms with Crippen LogP contribution in [-0.4, -0.2) is 27.4 Å². The fraction of sp³-hybridized carbons (Fsp3) is 0.222. The summed E-state index contributed by atoms with van der Waals surface area (Å²) < 4.78 is 51.6. The highest BCUT2D eigenvalue weighted by molar-refractivity contribution is 5.80. The van der Waals surface area contributed by atoms with Crippen molar-refractivity contribution in [2.75, 3.05) is 0 Å². The smallest absolute Gasteiger partial charge is 0.438 e. The predicted molar refractivity (Wildman–Crippen MR) is 91.8 cm³/mol. The number of pyridine rings is 1. The van der Waals surface area contributed by atoms with Crippen molar-refractivity contribution >= 4 is 5.90 Å². The summed E-state index contributed by atoms with van der Waals surface area (Å²) in [4.78, 5) is 9.55. The van der Waals surface area contributed by atoms with Gasteiger partial charge in [-0.2, -0.15) is 0 Å². The molecule has 0 aliphatic carbocycles. The molecule has 3 heterocycles. The second-order valence-electron chi connectivity index (χ2n) is 6.31. The van der Waals surface area contributed by atoms with Crippen LogP contribution < -0.4 is 9.47 Å². The van der Waals surface area contributed by atoms with Crippen LogP contribution in [0.25, 0.3) is 11.5 Å². The molecule has 1 aliphatic rings. The number of rotatable bonds is 4. The largest absolute Gasteiger partial charge is 0.573 e. The standard InChI is InChI=1S/C18H13F3N4O4/c1-17(12-2-4-13(5-3-12)28-18(19,20)21)7-15(25-29-17)27-14-6-11(8-22-9-14)16-24-23-10-26-16/h2-6,8-10H,7H2,1H3/t17-/m0/s1. The van der Waals surface area contributed by atoms with Crippen LogP contribution in [0, 0.1) is 0 Å². The number of alkyl halides is 3. The van der Waals surface area contributed by atoms with Crippen molar-refractivity contribution < 1.29 is 31.9 Å². The first kappa shape index (κ1) is 18.7. The molecule has 0 fully saturated rings. The quantitative estimate of drug-likeness (QED) is 0.645. The maximum absolute atomic E-state index is 12.3. The molecule has 150 valence electrons. The molecule has 0 saturated heterocycles. The molecule has 3 aromatic rings. The second-order valence-corrected chi connectivity index (χ2v) is 6.31. The van der Waals surface area contributed by atoms with Crippen LogP contribution in [0.1, 0.15) is 18.9 Å². The van der Waals surface area contributed by atoms with E-state index < -0.39 is 12.0 Å². The van der Waals surface area contributed by atoms with E-state index in [4.69, 9.17) is 14.0 Å². The van der Waals surface area contributed by atoms with E-state index in [1.807, 2.05) is 0 Å². The number of benzene rings is 1. The molecule has 1 aromatic carbocycles. The van der Waals surface area contributed by atoms with E-state index in [-0.39, 0.29) is 18.1 Å². The molecule has 0 N–H and O–H groups in total. The number of hydrogen-bond donors (Lipinski definition) is 0. The van der Waals surface area contributed by atoms with E-state index >= 15 is 0 Å². The summed E-state index contributed by atoms with van der Waals surface area (Å²) in [5.41, 5.74) is 0.290. The number of halogens is 3. The molecule has 2 aromatic heterocycles. The predicted octanol–water partition coefficient (Wildman–Crippen LogP) is 4.06. The first-order valence-corrected chi connectivity index (χ1v) is 8.31. The van der Waals surface area contributed by atoms with Crippen LogP contribution in [0.4, 0.5) is 13.2 Å². The lowest BCUT2D eigenvalue weighted by Gasteiger charge is -2.21. The summed E-state index contributed by atoms with van der Waals surface area (Å²) in [7, 11) is 0. The molecule has 11 heteroatoms. The Morgan fingerprint density at radius 1 is 1.10 bits per heavy atom. The van der Waals surface area contributed by atoms with E-state index in [1.54, 1.807) is 19.2 Å². The normalized spacial score (nSPS) is 18.8. The Morgan fingerprint density at radius 3 is 2.59 bits per heavy atom. The van der Waals surface area contributed by atoms with Crippen LogP contribution in [-0.2, 0) is 10.4 Å². The molecule has 0 spiro atoms. The van der Waals surface area contributed by atoms with Gasteiger partial charge >= 0.3 is 6.36 Å². The lowest BCUT2D eigenvalue weighted by Crippen LogP contribution is -2.23. The Balaban J connectivity index is 1.44. The van der Waals surface area contributed by atoms with Crippen molar-refractivity contribution in [1.82, 2.24) is 15.2 Å².